The van der Waals surface area contributed by atoms with Crippen LogP contribution in [-0.2, 0) is 6.54 Å². The summed E-state index contributed by atoms with van der Waals surface area (Å²) in [6.07, 6.45) is 3.95. The van der Waals surface area contributed by atoms with Crippen molar-refractivity contribution >= 4 is 15.9 Å². The molecule has 1 rings (SSSR count). The van der Waals surface area contributed by atoms with E-state index in [4.69, 9.17) is 0 Å². The summed E-state index contributed by atoms with van der Waals surface area (Å²) in [5.74, 6) is 2.36. The molecular formula is C10H17BrN2. The number of aromatic nitrogens is 2. The van der Waals surface area contributed by atoms with Crippen molar-refractivity contribution in [3.05, 3.63) is 18.2 Å². The van der Waals surface area contributed by atoms with Crippen LogP contribution in [0.2, 0.25) is 0 Å². The Hall–Kier alpha value is -0.310. The summed E-state index contributed by atoms with van der Waals surface area (Å²) in [6.45, 7) is 7.65. The van der Waals surface area contributed by atoms with Crippen molar-refractivity contribution in [3.63, 3.8) is 0 Å². The molecule has 0 N–H and O–H groups in total. The second-order valence-corrected chi connectivity index (χ2v) is 4.50. The molecular weight excluding hydrogens is 228 g/mol. The van der Waals surface area contributed by atoms with Crippen LogP contribution >= 0.6 is 15.9 Å². The van der Waals surface area contributed by atoms with Gasteiger partial charge in [0.05, 0.1) is 0 Å². The van der Waals surface area contributed by atoms with E-state index in [0.717, 1.165) is 11.9 Å². The van der Waals surface area contributed by atoms with Gasteiger partial charge in [-0.15, -0.1) is 0 Å². The van der Waals surface area contributed by atoms with Gasteiger partial charge in [0.1, 0.15) is 5.82 Å². The van der Waals surface area contributed by atoms with E-state index in [1.165, 1.54) is 5.82 Å². The Balaban J connectivity index is 2.70. The molecule has 0 fully saturated rings. The van der Waals surface area contributed by atoms with Crippen molar-refractivity contribution in [2.24, 2.45) is 5.92 Å². The topological polar surface area (TPSA) is 17.8 Å². The van der Waals surface area contributed by atoms with Crippen LogP contribution in [0.25, 0.3) is 0 Å². The molecule has 0 radical (unpaired) electrons. The normalized spacial score (nSPS) is 13.6. The lowest BCUT2D eigenvalue weighted by Gasteiger charge is -2.13. The second-order valence-electron chi connectivity index (χ2n) is 3.85. The van der Waals surface area contributed by atoms with Crippen LogP contribution in [0.4, 0.5) is 0 Å². The number of alkyl halides is 1. The molecule has 1 aromatic heterocycles. The van der Waals surface area contributed by atoms with E-state index in [1.807, 2.05) is 6.20 Å². The number of imidazole rings is 1. The molecule has 0 aliphatic rings. The summed E-state index contributed by atoms with van der Waals surface area (Å²) in [6, 6.07) is 0. The standard InChI is InChI=1S/C10H17BrN2/c1-8(2)10-12-4-5-13(10)7-9(3)6-11/h4-5,8-9H,6-7H2,1-3H3. The van der Waals surface area contributed by atoms with Crippen LogP contribution in [0, 0.1) is 5.92 Å². The molecule has 1 heterocycles. The van der Waals surface area contributed by atoms with Gasteiger partial charge in [0.25, 0.3) is 0 Å². The molecule has 1 atom stereocenters. The number of hydrogen-bond acceptors (Lipinski definition) is 1. The number of rotatable bonds is 4. The lowest BCUT2D eigenvalue weighted by Crippen LogP contribution is -2.11. The number of halogens is 1. The molecule has 0 bridgehead atoms. The maximum absolute atomic E-state index is 4.35. The Morgan fingerprint density at radius 2 is 2.15 bits per heavy atom. The molecule has 1 unspecified atom stereocenters. The zero-order valence-electron chi connectivity index (χ0n) is 8.50. The van der Waals surface area contributed by atoms with Gasteiger partial charge in [0.2, 0.25) is 0 Å². The summed E-state index contributed by atoms with van der Waals surface area (Å²) < 4.78 is 2.25. The maximum Gasteiger partial charge on any atom is 0.111 e. The van der Waals surface area contributed by atoms with Crippen molar-refractivity contribution in [2.75, 3.05) is 5.33 Å². The molecule has 3 heteroatoms. The molecule has 0 saturated carbocycles. The third-order valence-corrected chi connectivity index (χ3v) is 3.14. The summed E-state index contributed by atoms with van der Waals surface area (Å²) in [5, 5.41) is 1.04. The third kappa shape index (κ3) is 2.83. The monoisotopic (exact) mass is 244 g/mol. The van der Waals surface area contributed by atoms with E-state index >= 15 is 0 Å². The molecule has 2 nitrogen and oxygen atoms in total. The van der Waals surface area contributed by atoms with Gasteiger partial charge in [-0.3, -0.25) is 0 Å². The zero-order valence-corrected chi connectivity index (χ0v) is 10.1. The lowest BCUT2D eigenvalue weighted by molar-refractivity contribution is 0.506. The van der Waals surface area contributed by atoms with Crippen molar-refractivity contribution < 1.29 is 0 Å². The molecule has 1 aromatic rings. The fourth-order valence-electron chi connectivity index (χ4n) is 1.36. The highest BCUT2D eigenvalue weighted by molar-refractivity contribution is 9.09. The number of hydrogen-bond donors (Lipinski definition) is 0. The Morgan fingerprint density at radius 1 is 1.46 bits per heavy atom. The first-order chi connectivity index (χ1) is 6.15. The Kier molecular flexibility index (Phi) is 3.97. The highest BCUT2D eigenvalue weighted by atomic mass is 79.9. The molecule has 0 spiro atoms. The minimum absolute atomic E-state index is 0.512. The first-order valence-electron chi connectivity index (χ1n) is 4.72. The Bertz CT molecular complexity index is 255. The van der Waals surface area contributed by atoms with Crippen LogP contribution < -0.4 is 0 Å². The quantitative estimate of drug-likeness (QED) is 0.745. The van der Waals surface area contributed by atoms with Gasteiger partial charge in [0, 0.05) is 30.2 Å². The van der Waals surface area contributed by atoms with Crippen LogP contribution in [0.5, 0.6) is 0 Å². The third-order valence-electron chi connectivity index (χ3n) is 2.04. The van der Waals surface area contributed by atoms with Crippen LogP contribution in [-0.4, -0.2) is 14.9 Å². The summed E-state index contributed by atoms with van der Waals surface area (Å²) in [4.78, 5) is 4.35. The molecule has 0 saturated heterocycles. The fraction of sp³-hybridized carbons (Fsp3) is 0.700. The van der Waals surface area contributed by atoms with Gasteiger partial charge >= 0.3 is 0 Å². The van der Waals surface area contributed by atoms with Crippen molar-refractivity contribution in [2.45, 2.75) is 33.2 Å². The summed E-state index contributed by atoms with van der Waals surface area (Å²) in [7, 11) is 0. The van der Waals surface area contributed by atoms with E-state index in [2.05, 4.69) is 52.4 Å². The molecule has 13 heavy (non-hydrogen) atoms. The number of nitrogens with zero attached hydrogens (tertiary/aromatic N) is 2. The average Bonchev–Trinajstić information content (AvgIpc) is 2.52. The first-order valence-corrected chi connectivity index (χ1v) is 5.84. The van der Waals surface area contributed by atoms with Crippen LogP contribution in [0.15, 0.2) is 12.4 Å². The van der Waals surface area contributed by atoms with Gasteiger partial charge in [-0.05, 0) is 5.92 Å². The van der Waals surface area contributed by atoms with Gasteiger partial charge in [0.15, 0.2) is 0 Å². The molecule has 74 valence electrons. The maximum atomic E-state index is 4.35. The van der Waals surface area contributed by atoms with E-state index in [1.54, 1.807) is 0 Å². The van der Waals surface area contributed by atoms with Gasteiger partial charge in [-0.2, -0.15) is 0 Å². The summed E-state index contributed by atoms with van der Waals surface area (Å²) in [5.41, 5.74) is 0. The smallest absolute Gasteiger partial charge is 0.111 e. The highest BCUT2D eigenvalue weighted by Gasteiger charge is 2.08. The SMILES string of the molecule is CC(CBr)Cn1ccnc1C(C)C. The van der Waals surface area contributed by atoms with Crippen molar-refractivity contribution in [3.8, 4) is 0 Å². The van der Waals surface area contributed by atoms with Gasteiger partial charge < -0.3 is 4.57 Å². The Morgan fingerprint density at radius 3 is 2.69 bits per heavy atom. The summed E-state index contributed by atoms with van der Waals surface area (Å²) >= 11 is 3.49. The van der Waals surface area contributed by atoms with E-state index in [-0.39, 0.29) is 0 Å². The molecule has 0 aromatic carbocycles. The lowest BCUT2D eigenvalue weighted by atomic mass is 10.2. The predicted molar refractivity (Wildman–Crippen MR) is 59.3 cm³/mol. The first kappa shape index (κ1) is 10.8. The predicted octanol–water partition coefficient (Wildman–Crippen LogP) is 3.04. The minimum atomic E-state index is 0.512. The van der Waals surface area contributed by atoms with Gasteiger partial charge in [-0.25, -0.2) is 4.98 Å². The molecule has 0 aliphatic carbocycles. The van der Waals surface area contributed by atoms with E-state index in [9.17, 15) is 0 Å². The highest BCUT2D eigenvalue weighted by Crippen LogP contribution is 2.14. The van der Waals surface area contributed by atoms with Crippen LogP contribution in [0.3, 0.4) is 0 Å². The zero-order chi connectivity index (χ0) is 9.84. The minimum Gasteiger partial charge on any atom is -0.334 e. The van der Waals surface area contributed by atoms with E-state index in [0.29, 0.717) is 11.8 Å². The largest absolute Gasteiger partial charge is 0.334 e. The second kappa shape index (κ2) is 4.80. The Labute approximate surface area is 88.5 Å². The molecule has 0 aliphatic heterocycles. The van der Waals surface area contributed by atoms with Crippen molar-refractivity contribution in [1.29, 1.82) is 0 Å². The van der Waals surface area contributed by atoms with E-state index < -0.39 is 0 Å². The molecule has 0 amide bonds. The van der Waals surface area contributed by atoms with Crippen molar-refractivity contribution in [1.82, 2.24) is 9.55 Å². The average molecular weight is 245 g/mol. The van der Waals surface area contributed by atoms with Gasteiger partial charge in [-0.1, -0.05) is 36.7 Å². The fourth-order valence-corrected chi connectivity index (χ4v) is 1.57. The van der Waals surface area contributed by atoms with Crippen LogP contribution in [0.1, 0.15) is 32.5 Å².